The lowest BCUT2D eigenvalue weighted by molar-refractivity contribution is 0.242. The predicted molar refractivity (Wildman–Crippen MR) is 106 cm³/mol. The Hall–Kier alpha value is -2.14. The van der Waals surface area contributed by atoms with Gasteiger partial charge in [0.05, 0.1) is 24.4 Å². The maximum atomic E-state index is 13.1. The molecule has 0 fully saturated rings. The average Bonchev–Trinajstić information content (AvgIpc) is 2.80. The van der Waals surface area contributed by atoms with Gasteiger partial charge in [-0.15, -0.1) is 11.3 Å². The van der Waals surface area contributed by atoms with Gasteiger partial charge in [-0.25, -0.2) is 4.98 Å². The van der Waals surface area contributed by atoms with Crippen LogP contribution in [0.5, 0.6) is 5.75 Å². The highest BCUT2D eigenvalue weighted by Crippen LogP contribution is 2.32. The Balaban J connectivity index is 1.70. The van der Waals surface area contributed by atoms with Crippen LogP contribution in [0.4, 0.5) is 0 Å². The summed E-state index contributed by atoms with van der Waals surface area (Å²) in [6, 6.07) is 7.95. The summed E-state index contributed by atoms with van der Waals surface area (Å²) in [7, 11) is 0. The summed E-state index contributed by atoms with van der Waals surface area (Å²) in [5.74, 6) is 0.837. The van der Waals surface area contributed by atoms with E-state index >= 15 is 0 Å². The molecule has 1 aromatic carbocycles. The zero-order chi connectivity index (χ0) is 18.1. The number of hydrogen-bond acceptors (Lipinski definition) is 4. The van der Waals surface area contributed by atoms with E-state index in [1.165, 1.54) is 29.7 Å². The lowest BCUT2D eigenvalue weighted by Gasteiger charge is -2.11. The second kappa shape index (κ2) is 7.23. The first-order chi connectivity index (χ1) is 12.6. The van der Waals surface area contributed by atoms with Gasteiger partial charge in [-0.3, -0.25) is 9.36 Å². The molecule has 136 valence electrons. The van der Waals surface area contributed by atoms with Crippen molar-refractivity contribution >= 4 is 21.6 Å². The quantitative estimate of drug-likeness (QED) is 0.634. The number of fused-ring (bicyclic) bond motifs is 3. The molecule has 0 aliphatic heterocycles. The van der Waals surface area contributed by atoms with E-state index in [0.717, 1.165) is 34.4 Å². The van der Waals surface area contributed by atoms with E-state index in [4.69, 9.17) is 4.74 Å². The van der Waals surface area contributed by atoms with Crippen molar-refractivity contribution in [2.45, 2.75) is 58.6 Å². The molecule has 0 unspecified atom stereocenters. The molecule has 1 aliphatic carbocycles. The van der Waals surface area contributed by atoms with E-state index in [9.17, 15) is 4.79 Å². The number of thiophene rings is 1. The van der Waals surface area contributed by atoms with E-state index in [2.05, 4.69) is 4.98 Å². The molecule has 26 heavy (non-hydrogen) atoms. The normalized spacial score (nSPS) is 14.4. The first kappa shape index (κ1) is 17.3. The third-order valence-corrected chi connectivity index (χ3v) is 6.01. The maximum absolute atomic E-state index is 13.1. The molecule has 2 heterocycles. The molecule has 5 heteroatoms. The molecular weight excluding hydrogens is 344 g/mol. The van der Waals surface area contributed by atoms with Crippen molar-refractivity contribution in [1.82, 2.24) is 9.55 Å². The molecule has 0 saturated heterocycles. The minimum absolute atomic E-state index is 0.0876. The first-order valence-corrected chi connectivity index (χ1v) is 10.2. The Morgan fingerprint density at radius 2 is 2.08 bits per heavy atom. The Bertz CT molecular complexity index is 987. The smallest absolute Gasteiger partial charge is 0.262 e. The molecule has 0 radical (unpaired) electrons. The van der Waals surface area contributed by atoms with Crippen LogP contribution in [0.1, 0.15) is 49.1 Å². The van der Waals surface area contributed by atoms with Gasteiger partial charge < -0.3 is 4.74 Å². The highest BCUT2D eigenvalue weighted by atomic mass is 32.1. The van der Waals surface area contributed by atoms with E-state index in [1.54, 1.807) is 22.2 Å². The summed E-state index contributed by atoms with van der Waals surface area (Å²) in [6.07, 6.45) is 7.56. The minimum atomic E-state index is 0.0876. The van der Waals surface area contributed by atoms with Crippen LogP contribution in [-0.4, -0.2) is 15.7 Å². The average molecular weight is 369 g/mol. The van der Waals surface area contributed by atoms with Crippen molar-refractivity contribution in [3.8, 4) is 5.75 Å². The molecule has 4 nitrogen and oxygen atoms in total. The number of ether oxygens (including phenoxy) is 1. The Kier molecular flexibility index (Phi) is 4.81. The fourth-order valence-corrected chi connectivity index (χ4v) is 4.88. The van der Waals surface area contributed by atoms with Crippen molar-refractivity contribution in [2.24, 2.45) is 0 Å². The highest BCUT2D eigenvalue weighted by molar-refractivity contribution is 7.18. The fraction of sp³-hybridized carbons (Fsp3) is 0.429. The molecule has 3 aromatic rings. The summed E-state index contributed by atoms with van der Waals surface area (Å²) in [4.78, 5) is 20.0. The predicted octanol–water partition coefficient (Wildman–Crippen LogP) is 4.56. The van der Waals surface area contributed by atoms with Crippen LogP contribution >= 0.6 is 11.3 Å². The van der Waals surface area contributed by atoms with E-state index in [-0.39, 0.29) is 11.7 Å². The van der Waals surface area contributed by atoms with Crippen molar-refractivity contribution in [2.75, 3.05) is 0 Å². The number of aryl methyl sites for hydroxylation is 2. The van der Waals surface area contributed by atoms with Crippen LogP contribution in [-0.2, 0) is 19.4 Å². The molecular formula is C21H24N2O2S. The Morgan fingerprint density at radius 1 is 1.23 bits per heavy atom. The zero-order valence-electron chi connectivity index (χ0n) is 15.3. The summed E-state index contributed by atoms with van der Waals surface area (Å²) in [5.41, 5.74) is 2.39. The van der Waals surface area contributed by atoms with Gasteiger partial charge in [-0.2, -0.15) is 0 Å². The number of nitrogens with zero attached hydrogens (tertiary/aromatic N) is 2. The van der Waals surface area contributed by atoms with Crippen LogP contribution in [0.15, 0.2) is 35.4 Å². The third-order valence-electron chi connectivity index (χ3n) is 4.81. The Morgan fingerprint density at radius 3 is 2.92 bits per heavy atom. The molecule has 0 atom stereocenters. The van der Waals surface area contributed by atoms with Gasteiger partial charge in [0.2, 0.25) is 0 Å². The minimum Gasteiger partial charge on any atom is -0.491 e. The van der Waals surface area contributed by atoms with Gasteiger partial charge in [0.1, 0.15) is 10.6 Å². The second-order valence-electron chi connectivity index (χ2n) is 7.24. The van der Waals surface area contributed by atoms with Gasteiger partial charge in [0.25, 0.3) is 5.56 Å². The molecule has 0 amide bonds. The molecule has 1 aliphatic rings. The van der Waals surface area contributed by atoms with Crippen molar-refractivity contribution in [1.29, 1.82) is 0 Å². The SMILES string of the molecule is CC(C)Oc1cccc(Cn2cnc3sc4c(c3c2=O)CCCCC4)c1. The van der Waals surface area contributed by atoms with Crippen molar-refractivity contribution < 1.29 is 4.74 Å². The van der Waals surface area contributed by atoms with Gasteiger partial charge in [0, 0.05) is 4.88 Å². The van der Waals surface area contributed by atoms with Crippen LogP contribution in [0.2, 0.25) is 0 Å². The summed E-state index contributed by atoms with van der Waals surface area (Å²) >= 11 is 1.71. The van der Waals surface area contributed by atoms with Crippen molar-refractivity contribution in [3.63, 3.8) is 0 Å². The second-order valence-corrected chi connectivity index (χ2v) is 8.32. The highest BCUT2D eigenvalue weighted by Gasteiger charge is 2.19. The van der Waals surface area contributed by atoms with E-state index < -0.39 is 0 Å². The van der Waals surface area contributed by atoms with Gasteiger partial charge in [-0.1, -0.05) is 18.6 Å². The van der Waals surface area contributed by atoms with Gasteiger partial charge >= 0.3 is 0 Å². The summed E-state index contributed by atoms with van der Waals surface area (Å²) in [6.45, 7) is 4.54. The molecule has 4 rings (SSSR count). The van der Waals surface area contributed by atoms with Gasteiger partial charge in [-0.05, 0) is 62.8 Å². The molecule has 0 saturated carbocycles. The van der Waals surface area contributed by atoms with Crippen LogP contribution in [0.3, 0.4) is 0 Å². The van der Waals surface area contributed by atoms with E-state index in [0.29, 0.717) is 6.54 Å². The van der Waals surface area contributed by atoms with E-state index in [1.807, 2.05) is 38.1 Å². The third kappa shape index (κ3) is 3.40. The fourth-order valence-electron chi connectivity index (χ4n) is 3.66. The molecule has 0 spiro atoms. The molecule has 2 aromatic heterocycles. The van der Waals surface area contributed by atoms with Crippen LogP contribution in [0.25, 0.3) is 10.2 Å². The number of aromatic nitrogens is 2. The lowest BCUT2D eigenvalue weighted by atomic mass is 10.1. The largest absolute Gasteiger partial charge is 0.491 e. The van der Waals surface area contributed by atoms with Crippen molar-refractivity contribution in [3.05, 3.63) is 57.0 Å². The van der Waals surface area contributed by atoms with Crippen LogP contribution < -0.4 is 10.3 Å². The Labute approximate surface area is 157 Å². The topological polar surface area (TPSA) is 44.1 Å². The standard InChI is InChI=1S/C21H24N2O2S/c1-14(2)25-16-8-6-7-15(11-16)12-23-13-22-20-19(21(23)24)17-9-4-3-5-10-18(17)26-20/h6-8,11,13-14H,3-5,9-10,12H2,1-2H3. The van der Waals surface area contributed by atoms with Gasteiger partial charge in [0.15, 0.2) is 0 Å². The number of benzene rings is 1. The maximum Gasteiger partial charge on any atom is 0.262 e. The summed E-state index contributed by atoms with van der Waals surface area (Å²) < 4.78 is 7.50. The number of hydrogen-bond donors (Lipinski definition) is 0. The van der Waals surface area contributed by atoms with Crippen LogP contribution in [0, 0.1) is 0 Å². The first-order valence-electron chi connectivity index (χ1n) is 9.37. The summed E-state index contributed by atoms with van der Waals surface area (Å²) in [5, 5.41) is 0.851. The molecule has 0 bridgehead atoms. The zero-order valence-corrected chi connectivity index (χ0v) is 16.1. The monoisotopic (exact) mass is 368 g/mol. The molecule has 0 N–H and O–H groups in total. The lowest BCUT2D eigenvalue weighted by Crippen LogP contribution is -2.21. The number of rotatable bonds is 4.